The summed E-state index contributed by atoms with van der Waals surface area (Å²) >= 11 is 3.16. The third-order valence-electron chi connectivity index (χ3n) is 1.97. The van der Waals surface area contributed by atoms with Gasteiger partial charge >= 0.3 is 0 Å². The number of halogens is 1. The molecule has 0 spiro atoms. The smallest absolute Gasteiger partial charge is 0.265 e. The van der Waals surface area contributed by atoms with Gasteiger partial charge in [0.15, 0.2) is 0 Å². The minimum atomic E-state index is -3.68. The molecule has 0 atom stereocenters. The van der Waals surface area contributed by atoms with Gasteiger partial charge in [-0.3, -0.25) is 0 Å². The maximum absolute atomic E-state index is 12.0. The minimum absolute atomic E-state index is 0.100. The highest BCUT2D eigenvalue weighted by molar-refractivity contribution is 9.10. The Morgan fingerprint density at radius 3 is 2.76 bits per heavy atom. The standard InChI is InChI=1S/C9H9BrN4O2S/c10-7-5-6(11)1-2-8(7)17(15,16)14-9-12-3-4-13-9/h1-5H,11H2,(H2,12,13,14). The number of nitrogens with two attached hydrogens (primary N) is 1. The molecule has 0 radical (unpaired) electrons. The summed E-state index contributed by atoms with van der Waals surface area (Å²) in [6.45, 7) is 0. The van der Waals surface area contributed by atoms with Crippen LogP contribution in [0, 0.1) is 0 Å². The normalized spacial score (nSPS) is 11.4. The van der Waals surface area contributed by atoms with Crippen molar-refractivity contribution in [3.05, 3.63) is 35.1 Å². The molecule has 0 bridgehead atoms. The second-order valence-corrected chi connectivity index (χ2v) is 5.74. The van der Waals surface area contributed by atoms with E-state index in [4.69, 9.17) is 5.73 Å². The lowest BCUT2D eigenvalue weighted by Crippen LogP contribution is -2.14. The third kappa shape index (κ3) is 2.59. The van der Waals surface area contributed by atoms with Crippen molar-refractivity contribution in [2.45, 2.75) is 4.90 Å². The zero-order valence-corrected chi connectivity index (χ0v) is 10.9. The van der Waals surface area contributed by atoms with Gasteiger partial charge in [0.25, 0.3) is 10.0 Å². The maximum atomic E-state index is 12.0. The Labute approximate surface area is 106 Å². The van der Waals surface area contributed by atoms with E-state index in [9.17, 15) is 8.42 Å². The molecule has 0 fully saturated rings. The number of benzene rings is 1. The van der Waals surface area contributed by atoms with Crippen molar-refractivity contribution in [1.29, 1.82) is 0 Å². The van der Waals surface area contributed by atoms with Gasteiger partial charge in [0.2, 0.25) is 5.95 Å². The number of imidazole rings is 1. The third-order valence-corrected chi connectivity index (χ3v) is 4.29. The summed E-state index contributed by atoms with van der Waals surface area (Å²) in [5.41, 5.74) is 6.02. The molecule has 0 aliphatic rings. The average molecular weight is 317 g/mol. The van der Waals surface area contributed by atoms with Gasteiger partial charge in [-0.25, -0.2) is 18.1 Å². The predicted octanol–water partition coefficient (Wildman–Crippen LogP) is 1.56. The molecule has 0 saturated carbocycles. The average Bonchev–Trinajstić information content (AvgIpc) is 2.68. The van der Waals surface area contributed by atoms with Crippen LogP contribution in [0.4, 0.5) is 11.6 Å². The first-order valence-electron chi connectivity index (χ1n) is 4.56. The number of H-pyrrole nitrogens is 1. The van der Waals surface area contributed by atoms with Crippen LogP contribution < -0.4 is 10.5 Å². The van der Waals surface area contributed by atoms with Crippen LogP contribution in [-0.2, 0) is 10.0 Å². The quantitative estimate of drug-likeness (QED) is 0.748. The first kappa shape index (κ1) is 11.9. The van der Waals surface area contributed by atoms with Crippen LogP contribution in [0.2, 0.25) is 0 Å². The van der Waals surface area contributed by atoms with Crippen molar-refractivity contribution in [2.75, 3.05) is 10.5 Å². The van der Waals surface area contributed by atoms with Crippen molar-refractivity contribution in [3.8, 4) is 0 Å². The lowest BCUT2D eigenvalue weighted by Gasteiger charge is -2.07. The minimum Gasteiger partial charge on any atom is -0.399 e. The van der Waals surface area contributed by atoms with Gasteiger partial charge in [-0.15, -0.1) is 0 Å². The number of aromatic nitrogens is 2. The number of aromatic amines is 1. The van der Waals surface area contributed by atoms with E-state index in [2.05, 4.69) is 30.6 Å². The van der Waals surface area contributed by atoms with E-state index in [0.29, 0.717) is 10.2 Å². The number of hydrogen-bond donors (Lipinski definition) is 3. The topological polar surface area (TPSA) is 101 Å². The molecule has 6 nitrogen and oxygen atoms in total. The van der Waals surface area contributed by atoms with Gasteiger partial charge in [0.05, 0.1) is 0 Å². The monoisotopic (exact) mass is 316 g/mol. The van der Waals surface area contributed by atoms with E-state index in [0.717, 1.165) is 0 Å². The van der Waals surface area contributed by atoms with E-state index >= 15 is 0 Å². The van der Waals surface area contributed by atoms with Crippen LogP contribution in [0.25, 0.3) is 0 Å². The fraction of sp³-hybridized carbons (Fsp3) is 0. The summed E-state index contributed by atoms with van der Waals surface area (Å²) in [6.07, 6.45) is 2.98. The first-order chi connectivity index (χ1) is 7.99. The Bertz CT molecular complexity index is 624. The molecule has 0 aliphatic carbocycles. The highest BCUT2D eigenvalue weighted by Crippen LogP contribution is 2.25. The zero-order valence-electron chi connectivity index (χ0n) is 8.51. The van der Waals surface area contributed by atoms with Gasteiger partial charge in [-0.05, 0) is 34.1 Å². The van der Waals surface area contributed by atoms with E-state index in [-0.39, 0.29) is 10.8 Å². The SMILES string of the molecule is Nc1ccc(S(=O)(=O)Nc2ncc[nH]2)c(Br)c1. The Hall–Kier alpha value is -1.54. The highest BCUT2D eigenvalue weighted by Gasteiger charge is 2.18. The number of anilines is 2. The van der Waals surface area contributed by atoms with Gasteiger partial charge in [-0.2, -0.15) is 0 Å². The summed E-state index contributed by atoms with van der Waals surface area (Å²) in [6, 6.07) is 4.46. The zero-order chi connectivity index (χ0) is 12.5. The van der Waals surface area contributed by atoms with E-state index < -0.39 is 10.0 Å². The maximum Gasteiger partial charge on any atom is 0.265 e. The van der Waals surface area contributed by atoms with Crippen LogP contribution >= 0.6 is 15.9 Å². The number of hydrogen-bond acceptors (Lipinski definition) is 4. The van der Waals surface area contributed by atoms with E-state index in [1.165, 1.54) is 30.6 Å². The molecule has 17 heavy (non-hydrogen) atoms. The molecule has 1 aromatic carbocycles. The van der Waals surface area contributed by atoms with Gasteiger partial charge < -0.3 is 10.7 Å². The Kier molecular flexibility index (Phi) is 3.07. The predicted molar refractivity (Wildman–Crippen MR) is 68.0 cm³/mol. The van der Waals surface area contributed by atoms with E-state index in [1.54, 1.807) is 0 Å². The molecule has 0 amide bonds. The molecule has 0 aliphatic heterocycles. The number of nitrogen functional groups attached to an aromatic ring is 1. The molecule has 2 aromatic rings. The molecule has 1 heterocycles. The molecule has 0 saturated heterocycles. The number of rotatable bonds is 3. The molecule has 8 heteroatoms. The fourth-order valence-corrected chi connectivity index (χ4v) is 3.31. The fourth-order valence-electron chi connectivity index (χ4n) is 1.24. The van der Waals surface area contributed by atoms with Crippen LogP contribution in [0.5, 0.6) is 0 Å². The second kappa shape index (κ2) is 4.38. The van der Waals surface area contributed by atoms with E-state index in [1.807, 2.05) is 0 Å². The van der Waals surface area contributed by atoms with Gasteiger partial charge in [0, 0.05) is 22.6 Å². The molecule has 2 rings (SSSR count). The number of nitrogens with zero attached hydrogens (tertiary/aromatic N) is 1. The van der Waals surface area contributed by atoms with Crippen molar-refractivity contribution in [2.24, 2.45) is 0 Å². The van der Waals surface area contributed by atoms with Crippen LogP contribution in [0.1, 0.15) is 0 Å². The Morgan fingerprint density at radius 1 is 1.41 bits per heavy atom. The van der Waals surface area contributed by atoms with Crippen molar-refractivity contribution < 1.29 is 8.42 Å². The van der Waals surface area contributed by atoms with Crippen LogP contribution in [0.15, 0.2) is 40.0 Å². The summed E-state index contributed by atoms with van der Waals surface area (Å²) in [7, 11) is -3.68. The van der Waals surface area contributed by atoms with Crippen LogP contribution in [-0.4, -0.2) is 18.4 Å². The van der Waals surface area contributed by atoms with Gasteiger partial charge in [-0.1, -0.05) is 0 Å². The van der Waals surface area contributed by atoms with Crippen molar-refractivity contribution in [1.82, 2.24) is 9.97 Å². The number of nitrogens with one attached hydrogen (secondary N) is 2. The Morgan fingerprint density at radius 2 is 2.18 bits per heavy atom. The van der Waals surface area contributed by atoms with Crippen LogP contribution in [0.3, 0.4) is 0 Å². The highest BCUT2D eigenvalue weighted by atomic mass is 79.9. The summed E-state index contributed by atoms with van der Waals surface area (Å²) in [4.78, 5) is 6.54. The second-order valence-electron chi connectivity index (χ2n) is 3.23. The van der Waals surface area contributed by atoms with Gasteiger partial charge in [0.1, 0.15) is 4.90 Å². The molecular formula is C9H9BrN4O2S. The molecular weight excluding hydrogens is 308 g/mol. The molecule has 0 unspecified atom stereocenters. The lowest BCUT2D eigenvalue weighted by atomic mass is 10.3. The summed E-state index contributed by atoms with van der Waals surface area (Å²) < 4.78 is 26.7. The Balaban J connectivity index is 2.38. The summed E-state index contributed by atoms with van der Waals surface area (Å²) in [5.74, 6) is 0.161. The lowest BCUT2D eigenvalue weighted by molar-refractivity contribution is 0.600. The number of sulfonamides is 1. The molecule has 90 valence electrons. The van der Waals surface area contributed by atoms with Crippen molar-refractivity contribution in [3.63, 3.8) is 0 Å². The van der Waals surface area contributed by atoms with Crippen molar-refractivity contribution >= 4 is 37.6 Å². The molecule has 1 aromatic heterocycles. The molecule has 4 N–H and O–H groups in total. The largest absolute Gasteiger partial charge is 0.399 e. The first-order valence-corrected chi connectivity index (χ1v) is 6.84. The summed E-state index contributed by atoms with van der Waals surface area (Å²) in [5, 5.41) is 0.